The van der Waals surface area contributed by atoms with E-state index in [2.05, 4.69) is 34.6 Å². The summed E-state index contributed by atoms with van der Waals surface area (Å²) in [5, 5.41) is 10.5. The Morgan fingerprint density at radius 1 is 1.15 bits per heavy atom. The van der Waals surface area contributed by atoms with Crippen LogP contribution in [0, 0.1) is 20.8 Å². The van der Waals surface area contributed by atoms with E-state index in [1.807, 2.05) is 6.92 Å². The van der Waals surface area contributed by atoms with Gasteiger partial charge in [-0.1, -0.05) is 6.92 Å². The molecule has 0 spiro atoms. The number of aliphatic hydroxyl groups is 1. The molecule has 1 heterocycles. The van der Waals surface area contributed by atoms with Gasteiger partial charge in [0.2, 0.25) is 0 Å². The van der Waals surface area contributed by atoms with Crippen molar-refractivity contribution >= 4 is 11.6 Å². The van der Waals surface area contributed by atoms with E-state index in [9.17, 15) is 14.7 Å². The molecule has 1 aromatic rings. The zero-order valence-electron chi connectivity index (χ0n) is 17.3. The highest BCUT2D eigenvalue weighted by Gasteiger charge is 2.38. The predicted octanol–water partition coefficient (Wildman–Crippen LogP) is 4.95. The fraction of sp³-hybridized carbons (Fsp3) is 0.565. The maximum Gasteiger partial charge on any atom is 0.170 e. The molecule has 0 saturated heterocycles. The summed E-state index contributed by atoms with van der Waals surface area (Å²) >= 11 is 0. The maximum absolute atomic E-state index is 12.7. The first-order valence-corrected chi connectivity index (χ1v) is 9.87. The second-order valence-corrected chi connectivity index (χ2v) is 8.66. The van der Waals surface area contributed by atoms with E-state index in [1.54, 1.807) is 0 Å². The Morgan fingerprint density at radius 3 is 2.41 bits per heavy atom. The van der Waals surface area contributed by atoms with Crippen LogP contribution in [0.25, 0.3) is 0 Å². The highest BCUT2D eigenvalue weighted by Crippen LogP contribution is 2.46. The monoisotopic (exact) mass is 370 g/mol. The molecule has 146 valence electrons. The fourth-order valence-electron chi connectivity index (χ4n) is 4.68. The number of carbonyl (C=O) groups is 2. The van der Waals surface area contributed by atoms with Gasteiger partial charge >= 0.3 is 0 Å². The average molecular weight is 370 g/mol. The third-order valence-electron chi connectivity index (χ3n) is 6.02. The molecular formula is C23H30O4. The van der Waals surface area contributed by atoms with E-state index in [0.29, 0.717) is 19.3 Å². The quantitative estimate of drug-likeness (QED) is 0.762. The molecule has 27 heavy (non-hydrogen) atoms. The molecule has 1 aromatic carbocycles. The van der Waals surface area contributed by atoms with Crippen LogP contribution in [0.3, 0.4) is 0 Å². The summed E-state index contributed by atoms with van der Waals surface area (Å²) in [5.41, 5.74) is 5.54. The third-order valence-corrected chi connectivity index (χ3v) is 6.02. The van der Waals surface area contributed by atoms with Gasteiger partial charge in [-0.3, -0.25) is 9.59 Å². The van der Waals surface area contributed by atoms with Crippen molar-refractivity contribution in [2.45, 2.75) is 85.2 Å². The molecule has 1 unspecified atom stereocenters. The maximum atomic E-state index is 12.7. The summed E-state index contributed by atoms with van der Waals surface area (Å²) in [6.45, 7) is 12.3. The minimum absolute atomic E-state index is 0.0331. The lowest BCUT2D eigenvalue weighted by Crippen LogP contribution is -2.25. The van der Waals surface area contributed by atoms with Gasteiger partial charge in [-0.15, -0.1) is 0 Å². The van der Waals surface area contributed by atoms with Crippen LogP contribution in [0.2, 0.25) is 0 Å². The van der Waals surface area contributed by atoms with Gasteiger partial charge < -0.3 is 9.84 Å². The van der Waals surface area contributed by atoms with E-state index in [1.165, 1.54) is 5.56 Å². The zero-order chi connectivity index (χ0) is 20.1. The van der Waals surface area contributed by atoms with E-state index in [4.69, 9.17) is 4.74 Å². The van der Waals surface area contributed by atoms with Crippen molar-refractivity contribution < 1.29 is 19.4 Å². The van der Waals surface area contributed by atoms with Gasteiger partial charge in [0.1, 0.15) is 17.1 Å². The Hall–Kier alpha value is -2.10. The van der Waals surface area contributed by atoms with Crippen LogP contribution in [0.1, 0.15) is 80.2 Å². The summed E-state index contributed by atoms with van der Waals surface area (Å²) < 4.78 is 6.18. The van der Waals surface area contributed by atoms with Gasteiger partial charge in [0.05, 0.1) is 5.57 Å². The number of hydrogen-bond donors (Lipinski definition) is 1. The van der Waals surface area contributed by atoms with Crippen LogP contribution in [-0.2, 0) is 16.0 Å². The molecule has 3 rings (SSSR count). The van der Waals surface area contributed by atoms with Crippen molar-refractivity contribution in [1.29, 1.82) is 0 Å². The number of rotatable bonds is 4. The molecule has 0 saturated carbocycles. The van der Waals surface area contributed by atoms with Crippen molar-refractivity contribution in [3.63, 3.8) is 0 Å². The van der Waals surface area contributed by atoms with Crippen molar-refractivity contribution in [3.8, 4) is 5.75 Å². The van der Waals surface area contributed by atoms with Gasteiger partial charge in [0.25, 0.3) is 0 Å². The minimum atomic E-state index is -0.229. The van der Waals surface area contributed by atoms with Crippen LogP contribution in [0.15, 0.2) is 11.3 Å². The normalized spacial score (nSPS) is 21.3. The Kier molecular flexibility index (Phi) is 4.96. The van der Waals surface area contributed by atoms with Crippen LogP contribution in [0.5, 0.6) is 5.75 Å². The molecule has 0 bridgehead atoms. The fourth-order valence-corrected chi connectivity index (χ4v) is 4.68. The standard InChI is InChI=1S/C23H30O4/c1-7-8-17(24)21-18(25)9-15(10-19(21)26)20-12(2)13(3)22-16(14(20)4)11-23(5,6)27-22/h15,25H,7-11H2,1-6H3. The lowest BCUT2D eigenvalue weighted by atomic mass is 9.76. The minimum Gasteiger partial charge on any atom is -0.511 e. The SMILES string of the molecule is CCCC(=O)C1=C(O)CC(c2c(C)c(C)c3c(c2C)CC(C)(C)O3)CC1=O. The van der Waals surface area contributed by atoms with Gasteiger partial charge in [0.15, 0.2) is 11.6 Å². The van der Waals surface area contributed by atoms with Crippen molar-refractivity contribution in [2.75, 3.05) is 0 Å². The molecule has 0 radical (unpaired) electrons. The summed E-state index contributed by atoms with van der Waals surface area (Å²) in [4.78, 5) is 24.9. The molecule has 1 N–H and O–H groups in total. The molecule has 0 fully saturated rings. The van der Waals surface area contributed by atoms with Crippen LogP contribution in [-0.4, -0.2) is 22.3 Å². The smallest absolute Gasteiger partial charge is 0.170 e. The van der Waals surface area contributed by atoms with E-state index in [0.717, 1.165) is 34.4 Å². The number of ketones is 2. The second kappa shape index (κ2) is 6.81. The lowest BCUT2D eigenvalue weighted by Gasteiger charge is -2.28. The summed E-state index contributed by atoms with van der Waals surface area (Å²) in [5.74, 6) is 0.383. The first kappa shape index (κ1) is 19.7. The number of fused-ring (bicyclic) bond motifs is 1. The topological polar surface area (TPSA) is 63.6 Å². The number of Topliss-reactive ketones (excluding diaryl/α,β-unsaturated/α-hetero) is 2. The molecule has 0 amide bonds. The Bertz CT molecular complexity index is 858. The highest BCUT2D eigenvalue weighted by atomic mass is 16.5. The second-order valence-electron chi connectivity index (χ2n) is 8.66. The zero-order valence-corrected chi connectivity index (χ0v) is 17.3. The van der Waals surface area contributed by atoms with Crippen LogP contribution >= 0.6 is 0 Å². The molecule has 1 atom stereocenters. The van der Waals surface area contributed by atoms with Crippen molar-refractivity contribution in [3.05, 3.63) is 39.1 Å². The number of ether oxygens (including phenoxy) is 1. The van der Waals surface area contributed by atoms with E-state index < -0.39 is 0 Å². The Morgan fingerprint density at radius 2 is 1.81 bits per heavy atom. The van der Waals surface area contributed by atoms with Crippen molar-refractivity contribution in [2.24, 2.45) is 0 Å². The Balaban J connectivity index is 2.04. The van der Waals surface area contributed by atoms with Crippen LogP contribution < -0.4 is 4.74 Å². The first-order valence-electron chi connectivity index (χ1n) is 9.87. The van der Waals surface area contributed by atoms with E-state index >= 15 is 0 Å². The number of aliphatic hydroxyl groups excluding tert-OH is 1. The number of benzene rings is 1. The van der Waals surface area contributed by atoms with Crippen LogP contribution in [0.4, 0.5) is 0 Å². The molecular weight excluding hydrogens is 340 g/mol. The van der Waals surface area contributed by atoms with Gasteiger partial charge in [-0.25, -0.2) is 0 Å². The number of hydrogen-bond acceptors (Lipinski definition) is 4. The molecule has 0 aromatic heterocycles. The molecule has 1 aliphatic heterocycles. The first-order chi connectivity index (χ1) is 12.6. The third kappa shape index (κ3) is 3.30. The van der Waals surface area contributed by atoms with Gasteiger partial charge in [0, 0.05) is 31.2 Å². The van der Waals surface area contributed by atoms with E-state index in [-0.39, 0.29) is 40.8 Å². The molecule has 4 heteroatoms. The molecule has 4 nitrogen and oxygen atoms in total. The van der Waals surface area contributed by atoms with Crippen molar-refractivity contribution in [1.82, 2.24) is 0 Å². The number of carbonyl (C=O) groups excluding carboxylic acids is 2. The van der Waals surface area contributed by atoms with Gasteiger partial charge in [-0.05, 0) is 69.2 Å². The lowest BCUT2D eigenvalue weighted by molar-refractivity contribution is -0.122. The van der Waals surface area contributed by atoms with Gasteiger partial charge in [-0.2, -0.15) is 0 Å². The summed E-state index contributed by atoms with van der Waals surface area (Å²) in [6, 6.07) is 0. The summed E-state index contributed by atoms with van der Waals surface area (Å²) in [7, 11) is 0. The average Bonchev–Trinajstić information content (AvgIpc) is 2.89. The largest absolute Gasteiger partial charge is 0.511 e. The molecule has 1 aliphatic carbocycles. The summed E-state index contributed by atoms with van der Waals surface area (Å²) in [6.07, 6.45) is 2.44. The molecule has 2 aliphatic rings. The Labute approximate surface area is 161 Å². The highest BCUT2D eigenvalue weighted by molar-refractivity contribution is 6.21. The predicted molar refractivity (Wildman–Crippen MR) is 106 cm³/mol. The number of allylic oxidation sites excluding steroid dienone is 2.